The maximum Gasteiger partial charge on any atom is 0.319 e. The number of carbonyl (C=O) groups excluding carboxylic acids is 3. The SMILES string of the molecule is COCC(=O)Nc1cccc(NC(=O)NC[C@@H]2CN(C(C)=O)CCO2)c1. The van der Waals surface area contributed by atoms with Gasteiger partial charge in [0, 0.05) is 45.0 Å². The zero-order valence-electron chi connectivity index (χ0n) is 14.9. The lowest BCUT2D eigenvalue weighted by Crippen LogP contribution is -2.49. The summed E-state index contributed by atoms with van der Waals surface area (Å²) in [6.45, 7) is 3.24. The van der Waals surface area contributed by atoms with E-state index in [1.165, 1.54) is 14.0 Å². The van der Waals surface area contributed by atoms with Gasteiger partial charge in [0.1, 0.15) is 6.61 Å². The summed E-state index contributed by atoms with van der Waals surface area (Å²) in [7, 11) is 1.44. The van der Waals surface area contributed by atoms with Gasteiger partial charge in [-0.25, -0.2) is 4.79 Å². The first-order valence-electron chi connectivity index (χ1n) is 8.28. The molecule has 1 saturated heterocycles. The van der Waals surface area contributed by atoms with Crippen LogP contribution in [0.15, 0.2) is 24.3 Å². The summed E-state index contributed by atoms with van der Waals surface area (Å²) in [5, 5.41) is 8.08. The molecular formula is C17H24N4O5. The molecule has 1 aliphatic rings. The second-order valence-electron chi connectivity index (χ2n) is 5.85. The topological polar surface area (TPSA) is 109 Å². The van der Waals surface area contributed by atoms with Crippen molar-refractivity contribution in [3.63, 3.8) is 0 Å². The van der Waals surface area contributed by atoms with Crippen molar-refractivity contribution in [1.29, 1.82) is 0 Å². The highest BCUT2D eigenvalue weighted by atomic mass is 16.5. The first kappa shape index (κ1) is 19.7. The van der Waals surface area contributed by atoms with Crippen molar-refractivity contribution in [2.45, 2.75) is 13.0 Å². The van der Waals surface area contributed by atoms with Crippen LogP contribution in [-0.4, -0.2) is 68.8 Å². The minimum atomic E-state index is -0.395. The molecule has 2 rings (SSSR count). The number of ether oxygens (including phenoxy) is 2. The molecule has 0 unspecified atom stereocenters. The maximum absolute atomic E-state index is 12.0. The first-order valence-corrected chi connectivity index (χ1v) is 8.28. The summed E-state index contributed by atoms with van der Waals surface area (Å²) >= 11 is 0. The van der Waals surface area contributed by atoms with Crippen LogP contribution in [-0.2, 0) is 19.1 Å². The van der Waals surface area contributed by atoms with Crippen molar-refractivity contribution in [3.8, 4) is 0 Å². The van der Waals surface area contributed by atoms with Crippen molar-refractivity contribution < 1.29 is 23.9 Å². The van der Waals surface area contributed by atoms with Crippen LogP contribution in [0, 0.1) is 0 Å². The number of urea groups is 1. The van der Waals surface area contributed by atoms with Crippen LogP contribution in [0.25, 0.3) is 0 Å². The summed E-state index contributed by atoms with van der Waals surface area (Å²) in [5.41, 5.74) is 1.09. The van der Waals surface area contributed by atoms with Crippen LogP contribution >= 0.6 is 0 Å². The van der Waals surface area contributed by atoms with E-state index in [9.17, 15) is 14.4 Å². The molecule has 4 amide bonds. The fraction of sp³-hybridized carbons (Fsp3) is 0.471. The zero-order valence-corrected chi connectivity index (χ0v) is 14.9. The molecule has 1 aromatic rings. The number of nitrogens with one attached hydrogen (secondary N) is 3. The van der Waals surface area contributed by atoms with Crippen molar-refractivity contribution in [2.75, 3.05) is 50.6 Å². The van der Waals surface area contributed by atoms with Gasteiger partial charge in [0.25, 0.3) is 0 Å². The highest BCUT2D eigenvalue weighted by Gasteiger charge is 2.22. The fourth-order valence-corrected chi connectivity index (χ4v) is 2.51. The maximum atomic E-state index is 12.0. The quantitative estimate of drug-likeness (QED) is 0.686. The number of benzene rings is 1. The molecule has 0 aromatic heterocycles. The molecule has 3 N–H and O–H groups in total. The standard InChI is InChI=1S/C17H24N4O5/c1-12(22)21-6-7-26-15(10-21)9-18-17(24)20-14-5-3-4-13(8-14)19-16(23)11-25-2/h3-5,8,15H,6-7,9-11H2,1-2H3,(H,19,23)(H2,18,20,24)/t15-/m1/s1. The van der Waals surface area contributed by atoms with Gasteiger partial charge in [0.2, 0.25) is 11.8 Å². The van der Waals surface area contributed by atoms with E-state index in [2.05, 4.69) is 16.0 Å². The molecule has 9 heteroatoms. The Morgan fingerprint density at radius 3 is 2.69 bits per heavy atom. The monoisotopic (exact) mass is 364 g/mol. The number of amides is 4. The molecule has 0 saturated carbocycles. The molecule has 9 nitrogen and oxygen atoms in total. The van der Waals surface area contributed by atoms with Gasteiger partial charge in [0.05, 0.1) is 12.7 Å². The summed E-state index contributed by atoms with van der Waals surface area (Å²) in [6, 6.07) is 6.38. The van der Waals surface area contributed by atoms with Crippen molar-refractivity contribution in [1.82, 2.24) is 10.2 Å². The van der Waals surface area contributed by atoms with Crippen molar-refractivity contribution in [3.05, 3.63) is 24.3 Å². The zero-order chi connectivity index (χ0) is 18.9. The molecule has 1 atom stereocenters. The predicted octanol–water partition coefficient (Wildman–Crippen LogP) is 0.640. The summed E-state index contributed by atoms with van der Waals surface area (Å²) < 4.78 is 10.3. The van der Waals surface area contributed by atoms with E-state index in [0.29, 0.717) is 37.6 Å². The molecule has 1 aliphatic heterocycles. The van der Waals surface area contributed by atoms with Gasteiger partial charge in [-0.15, -0.1) is 0 Å². The lowest BCUT2D eigenvalue weighted by Gasteiger charge is -2.32. The number of nitrogens with zero attached hydrogens (tertiary/aromatic N) is 1. The Labute approximate surface area is 152 Å². The van der Waals surface area contributed by atoms with E-state index >= 15 is 0 Å². The van der Waals surface area contributed by atoms with E-state index in [4.69, 9.17) is 9.47 Å². The minimum absolute atomic E-state index is 0.00455. The average Bonchev–Trinajstić information content (AvgIpc) is 2.60. The van der Waals surface area contributed by atoms with E-state index in [1.807, 2.05) is 0 Å². The number of rotatable bonds is 6. The highest BCUT2D eigenvalue weighted by Crippen LogP contribution is 2.15. The van der Waals surface area contributed by atoms with Crippen LogP contribution in [0.3, 0.4) is 0 Å². The van der Waals surface area contributed by atoms with Gasteiger partial charge in [-0.1, -0.05) is 6.07 Å². The number of methoxy groups -OCH3 is 1. The third-order valence-electron chi connectivity index (χ3n) is 3.75. The Bertz CT molecular complexity index is 652. The minimum Gasteiger partial charge on any atom is -0.375 e. The van der Waals surface area contributed by atoms with Gasteiger partial charge in [-0.3, -0.25) is 9.59 Å². The summed E-state index contributed by atoms with van der Waals surface area (Å²) in [4.78, 5) is 36.7. The van der Waals surface area contributed by atoms with Crippen LogP contribution in [0.5, 0.6) is 0 Å². The third-order valence-corrected chi connectivity index (χ3v) is 3.75. The molecular weight excluding hydrogens is 340 g/mol. The largest absolute Gasteiger partial charge is 0.375 e. The van der Waals surface area contributed by atoms with Crippen LogP contribution in [0.1, 0.15) is 6.92 Å². The van der Waals surface area contributed by atoms with Gasteiger partial charge in [0.15, 0.2) is 0 Å². The summed E-state index contributed by atoms with van der Waals surface area (Å²) in [6.07, 6.45) is -0.238. The van der Waals surface area contributed by atoms with Crippen LogP contribution in [0.2, 0.25) is 0 Å². The first-order chi connectivity index (χ1) is 12.5. The molecule has 142 valence electrons. The van der Waals surface area contributed by atoms with Gasteiger partial charge < -0.3 is 30.3 Å². The molecule has 0 spiro atoms. The molecule has 1 aromatic carbocycles. The third kappa shape index (κ3) is 6.34. The van der Waals surface area contributed by atoms with E-state index < -0.39 is 6.03 Å². The molecule has 26 heavy (non-hydrogen) atoms. The average molecular weight is 364 g/mol. The Morgan fingerprint density at radius 1 is 1.27 bits per heavy atom. The Morgan fingerprint density at radius 2 is 2.00 bits per heavy atom. The number of morpholine rings is 1. The number of hydrogen-bond donors (Lipinski definition) is 3. The number of anilines is 2. The normalized spacial score (nSPS) is 16.7. The second-order valence-corrected chi connectivity index (χ2v) is 5.85. The highest BCUT2D eigenvalue weighted by molar-refractivity contribution is 5.94. The molecule has 1 fully saturated rings. The van der Waals surface area contributed by atoms with Gasteiger partial charge in [-0.2, -0.15) is 0 Å². The van der Waals surface area contributed by atoms with Gasteiger partial charge in [-0.05, 0) is 18.2 Å². The molecule has 0 bridgehead atoms. The second kappa shape index (κ2) is 9.73. The van der Waals surface area contributed by atoms with E-state index in [1.54, 1.807) is 29.2 Å². The molecule has 0 aliphatic carbocycles. The Kier molecular flexibility index (Phi) is 7.37. The fourth-order valence-electron chi connectivity index (χ4n) is 2.51. The Balaban J connectivity index is 1.80. The molecule has 1 heterocycles. The van der Waals surface area contributed by atoms with Crippen LogP contribution in [0.4, 0.5) is 16.2 Å². The van der Waals surface area contributed by atoms with Crippen molar-refractivity contribution >= 4 is 29.2 Å². The number of hydrogen-bond acceptors (Lipinski definition) is 5. The predicted molar refractivity (Wildman–Crippen MR) is 96.0 cm³/mol. The Hall–Kier alpha value is -2.65. The smallest absolute Gasteiger partial charge is 0.319 e. The van der Waals surface area contributed by atoms with E-state index in [-0.39, 0.29) is 24.5 Å². The lowest BCUT2D eigenvalue weighted by atomic mass is 10.2. The number of carbonyl (C=O) groups is 3. The summed E-state index contributed by atoms with van der Waals surface area (Å²) in [5.74, 6) is -0.284. The van der Waals surface area contributed by atoms with Crippen LogP contribution < -0.4 is 16.0 Å². The van der Waals surface area contributed by atoms with Crippen molar-refractivity contribution in [2.24, 2.45) is 0 Å². The van der Waals surface area contributed by atoms with E-state index in [0.717, 1.165) is 0 Å². The van der Waals surface area contributed by atoms with Gasteiger partial charge >= 0.3 is 6.03 Å². The lowest BCUT2D eigenvalue weighted by molar-refractivity contribution is -0.136. The molecule has 0 radical (unpaired) electrons.